The highest BCUT2D eigenvalue weighted by Gasteiger charge is 2.92. The molecule has 0 aromatic carbocycles. The van der Waals surface area contributed by atoms with Crippen LogP contribution < -0.4 is 0 Å². The minimum Gasteiger partial charge on any atom is -0.472 e. The largest absolute Gasteiger partial charge is 0.472 e. The first-order chi connectivity index (χ1) is 21.1. The molecule has 4 saturated carbocycles. The molecule has 0 radical (unpaired) electrons. The van der Waals surface area contributed by atoms with Crippen molar-refractivity contribution in [3.63, 3.8) is 0 Å². The zero-order valence-corrected chi connectivity index (χ0v) is 26.5. The lowest BCUT2D eigenvalue weighted by Crippen LogP contribution is -2.84. The first kappa shape index (κ1) is 31.3. The number of furan rings is 1. The van der Waals surface area contributed by atoms with Crippen molar-refractivity contribution in [3.8, 4) is 0 Å². The molecule has 1 aromatic rings. The van der Waals surface area contributed by atoms with Gasteiger partial charge in [-0.1, -0.05) is 34.6 Å². The first-order valence-electron chi connectivity index (χ1n) is 16.0. The molecule has 2 aliphatic heterocycles. The number of Topliss-reactive ketones (excluding diaryl/α,β-unsaturated/α-hetero) is 1. The van der Waals surface area contributed by atoms with E-state index in [9.17, 15) is 34.8 Å². The maximum absolute atomic E-state index is 14.9. The van der Waals surface area contributed by atoms with E-state index in [0.717, 1.165) is 12.5 Å². The minimum absolute atomic E-state index is 0.00118. The maximum atomic E-state index is 14.9. The third kappa shape index (κ3) is 3.36. The second-order valence-corrected chi connectivity index (χ2v) is 15.1. The van der Waals surface area contributed by atoms with Gasteiger partial charge in [-0.05, 0) is 36.8 Å². The standard InChI is InChI=1S/C33H44O12/c1-7-14(2)27(40)44-28-29(4)18-11-19(35)31(6)23(32(18,13-42-28)26(39)22(25(29)38)43-15(3)34)21(36)24(37)30(5)17(16-8-9-41-12-16)10-20-33(30,31)45-20/h8-9,12,14,17-20,22-26,28,35,37-39H,7,10-11,13H2,1-6H3/t14?,17-,18-,19+,20+,22-,23-,24-,25+,26-,28?,29+,30+,31+,32-,33+/m0/s1. The van der Waals surface area contributed by atoms with Gasteiger partial charge in [0.25, 0.3) is 0 Å². The van der Waals surface area contributed by atoms with Gasteiger partial charge in [-0.2, -0.15) is 0 Å². The summed E-state index contributed by atoms with van der Waals surface area (Å²) in [5.41, 5.74) is -5.88. The average molecular weight is 633 g/mol. The van der Waals surface area contributed by atoms with Crippen LogP contribution in [0.4, 0.5) is 0 Å². The van der Waals surface area contributed by atoms with Crippen molar-refractivity contribution < 1.29 is 58.2 Å². The molecule has 4 aliphatic carbocycles. The smallest absolute Gasteiger partial charge is 0.310 e. The van der Waals surface area contributed by atoms with E-state index in [1.807, 2.05) is 19.9 Å². The van der Waals surface area contributed by atoms with Crippen molar-refractivity contribution in [1.82, 2.24) is 0 Å². The molecular weight excluding hydrogens is 588 g/mol. The number of carbonyl (C=O) groups is 3. The molecule has 16 atom stereocenters. The van der Waals surface area contributed by atoms with Crippen LogP contribution in [0.25, 0.3) is 0 Å². The highest BCUT2D eigenvalue weighted by Crippen LogP contribution is 2.82. The SMILES string of the molecule is CCC(C)C(=O)OC1OC[C@@]23[C@H]4C(=O)[C@H](O)[C@@]5(C)[C@H](c6ccoc6)C[C@H]6O[C@]65[C@]4(C)[C@H](O)C[C@H]2[C@]1(C)[C@H](O)[C@H](OC(C)=O)[C@@H]3O. The van der Waals surface area contributed by atoms with E-state index in [1.54, 1.807) is 33.3 Å². The van der Waals surface area contributed by atoms with Gasteiger partial charge in [-0.25, -0.2) is 0 Å². The number of aliphatic hydroxyl groups is 4. The molecule has 12 heteroatoms. The van der Waals surface area contributed by atoms with Crippen molar-refractivity contribution in [3.05, 3.63) is 24.2 Å². The van der Waals surface area contributed by atoms with Gasteiger partial charge in [0.2, 0.25) is 6.29 Å². The second-order valence-electron chi connectivity index (χ2n) is 15.1. The topological polar surface area (TPSA) is 185 Å². The fraction of sp³-hybridized carbons (Fsp3) is 0.788. The quantitative estimate of drug-likeness (QED) is 0.271. The third-order valence-electron chi connectivity index (χ3n) is 13.6. The van der Waals surface area contributed by atoms with Crippen LogP contribution in [-0.2, 0) is 33.3 Å². The summed E-state index contributed by atoms with van der Waals surface area (Å²) in [5, 5.41) is 48.5. The Bertz CT molecular complexity index is 1410. The summed E-state index contributed by atoms with van der Waals surface area (Å²) in [4.78, 5) is 40.2. The van der Waals surface area contributed by atoms with Crippen LogP contribution in [0.2, 0.25) is 0 Å². The van der Waals surface area contributed by atoms with Crippen LogP contribution in [-0.4, -0.2) is 93.3 Å². The Balaban J connectivity index is 1.40. The predicted octanol–water partition coefficient (Wildman–Crippen LogP) is 1.46. The van der Waals surface area contributed by atoms with E-state index < -0.39 is 106 Å². The Hall–Kier alpha value is -2.35. The lowest BCUT2D eigenvalue weighted by atomic mass is 9.33. The minimum atomic E-state index is -1.63. The summed E-state index contributed by atoms with van der Waals surface area (Å²) in [6.45, 7) is 9.62. The molecular formula is C33H44O12. The van der Waals surface area contributed by atoms with Gasteiger partial charge in [0.05, 0.1) is 42.7 Å². The highest BCUT2D eigenvalue weighted by molar-refractivity contribution is 5.91. The van der Waals surface area contributed by atoms with Crippen molar-refractivity contribution >= 4 is 17.7 Å². The predicted molar refractivity (Wildman–Crippen MR) is 152 cm³/mol. The van der Waals surface area contributed by atoms with Crippen molar-refractivity contribution in [1.29, 1.82) is 0 Å². The van der Waals surface area contributed by atoms with Gasteiger partial charge < -0.3 is 43.8 Å². The van der Waals surface area contributed by atoms with E-state index >= 15 is 0 Å². The number of esters is 2. The lowest BCUT2D eigenvalue weighted by molar-refractivity contribution is -0.391. The molecule has 6 fully saturated rings. The molecule has 2 saturated heterocycles. The molecule has 0 amide bonds. The highest BCUT2D eigenvalue weighted by atomic mass is 16.7. The summed E-state index contributed by atoms with van der Waals surface area (Å²) in [6.07, 6.45) is -5.05. The maximum Gasteiger partial charge on any atom is 0.310 e. The number of aliphatic hydroxyl groups excluding tert-OH is 4. The number of fused-ring (bicyclic) bond motifs is 1. The normalized spacial score (nSPS) is 53.3. The van der Waals surface area contributed by atoms with Gasteiger partial charge >= 0.3 is 11.9 Å². The Kier molecular flexibility index (Phi) is 6.67. The Labute approximate surface area is 261 Å². The molecule has 7 rings (SSSR count). The Morgan fingerprint density at radius 3 is 2.40 bits per heavy atom. The van der Waals surface area contributed by atoms with Crippen molar-refractivity contribution in [2.24, 2.45) is 39.4 Å². The molecule has 2 unspecified atom stereocenters. The first-order valence-corrected chi connectivity index (χ1v) is 16.0. The van der Waals surface area contributed by atoms with Gasteiger partial charge in [0.1, 0.15) is 23.9 Å². The third-order valence-corrected chi connectivity index (χ3v) is 13.6. The molecule has 6 aliphatic rings. The number of ether oxygens (including phenoxy) is 4. The molecule has 4 N–H and O–H groups in total. The van der Waals surface area contributed by atoms with E-state index in [-0.39, 0.29) is 18.9 Å². The number of carbonyl (C=O) groups excluding carboxylic acids is 3. The van der Waals surface area contributed by atoms with Gasteiger partial charge in [0, 0.05) is 35.0 Å². The molecule has 12 nitrogen and oxygen atoms in total. The zero-order valence-electron chi connectivity index (χ0n) is 26.5. The summed E-state index contributed by atoms with van der Waals surface area (Å²) in [6, 6.07) is 1.81. The average Bonchev–Trinajstić information content (AvgIpc) is 3.35. The molecule has 3 heterocycles. The second kappa shape index (κ2) is 9.60. The number of hydrogen-bond donors (Lipinski definition) is 4. The van der Waals surface area contributed by atoms with Crippen molar-refractivity contribution in [2.75, 3.05) is 6.61 Å². The summed E-state index contributed by atoms with van der Waals surface area (Å²) in [5.74, 6) is -4.76. The van der Waals surface area contributed by atoms with Crippen molar-refractivity contribution in [2.45, 2.75) is 115 Å². The Morgan fingerprint density at radius 1 is 1.07 bits per heavy atom. The fourth-order valence-corrected chi connectivity index (χ4v) is 11.2. The van der Waals surface area contributed by atoms with Crippen LogP contribution in [0.15, 0.2) is 23.0 Å². The summed E-state index contributed by atoms with van der Waals surface area (Å²) >= 11 is 0. The molecule has 1 aromatic heterocycles. The van der Waals surface area contributed by atoms with Crippen LogP contribution in [0.1, 0.15) is 72.3 Å². The fourth-order valence-electron chi connectivity index (χ4n) is 11.2. The number of epoxide rings is 1. The van der Waals surface area contributed by atoms with Gasteiger partial charge in [0.15, 0.2) is 11.9 Å². The number of ketones is 1. The molecule has 45 heavy (non-hydrogen) atoms. The molecule has 2 bridgehead atoms. The monoisotopic (exact) mass is 632 g/mol. The van der Waals surface area contributed by atoms with Crippen LogP contribution in [0.5, 0.6) is 0 Å². The Morgan fingerprint density at radius 2 is 1.78 bits per heavy atom. The van der Waals surface area contributed by atoms with E-state index in [1.165, 1.54) is 0 Å². The van der Waals surface area contributed by atoms with Gasteiger partial charge in [-0.3, -0.25) is 14.4 Å². The summed E-state index contributed by atoms with van der Waals surface area (Å²) < 4.78 is 29.6. The summed E-state index contributed by atoms with van der Waals surface area (Å²) in [7, 11) is 0. The number of rotatable bonds is 5. The van der Waals surface area contributed by atoms with E-state index in [2.05, 4.69) is 0 Å². The molecule has 1 spiro atoms. The molecule has 248 valence electrons. The van der Waals surface area contributed by atoms with Crippen LogP contribution in [0, 0.1) is 39.4 Å². The number of hydrogen-bond acceptors (Lipinski definition) is 12. The van der Waals surface area contributed by atoms with Crippen LogP contribution >= 0.6 is 0 Å². The van der Waals surface area contributed by atoms with Gasteiger partial charge in [-0.15, -0.1) is 0 Å². The van der Waals surface area contributed by atoms with E-state index in [0.29, 0.717) is 12.8 Å². The lowest BCUT2D eigenvalue weighted by Gasteiger charge is -2.73. The zero-order chi connectivity index (χ0) is 32.6. The van der Waals surface area contributed by atoms with E-state index in [4.69, 9.17) is 23.4 Å². The van der Waals surface area contributed by atoms with Crippen LogP contribution in [0.3, 0.4) is 0 Å².